The van der Waals surface area contributed by atoms with E-state index in [1.165, 1.54) is 11.8 Å². The Hall–Kier alpha value is -0.850. The number of carbonyl (C=O) groups excluding carboxylic acids is 2. The first-order valence-corrected chi connectivity index (χ1v) is 7.85. The highest BCUT2D eigenvalue weighted by Crippen LogP contribution is 2.13. The third kappa shape index (κ3) is 5.76. The number of halogens is 1. The van der Waals surface area contributed by atoms with E-state index in [4.69, 9.17) is 4.74 Å². The average Bonchev–Trinajstić information content (AvgIpc) is 2.39. The molecule has 0 bridgehead atoms. The van der Waals surface area contributed by atoms with E-state index in [2.05, 4.69) is 21.7 Å². The largest absolute Gasteiger partial charge is 0.462 e. The van der Waals surface area contributed by atoms with Crippen molar-refractivity contribution in [1.82, 2.24) is 0 Å². The van der Waals surface area contributed by atoms with E-state index < -0.39 is 6.04 Å². The lowest BCUT2D eigenvalue weighted by atomic mass is 10.2. The summed E-state index contributed by atoms with van der Waals surface area (Å²) in [5.41, 5.74) is 4.40. The predicted molar refractivity (Wildman–Crippen MR) is 79.1 cm³/mol. The van der Waals surface area contributed by atoms with Crippen LogP contribution in [0.2, 0.25) is 0 Å². The number of thioether (sulfide) groups is 1. The number of esters is 1. The van der Waals surface area contributed by atoms with Gasteiger partial charge in [-0.25, -0.2) is 4.79 Å². The second-order valence-corrected chi connectivity index (χ2v) is 5.84. The molecular formula is C13H17BrNO3S+. The summed E-state index contributed by atoms with van der Waals surface area (Å²) in [5.74, 6) is 0.563. The third-order valence-corrected chi connectivity index (χ3v) is 3.97. The maximum Gasteiger partial charge on any atom is 0.365 e. The molecule has 19 heavy (non-hydrogen) atoms. The highest BCUT2D eigenvalue weighted by molar-refractivity contribution is 9.10. The van der Waals surface area contributed by atoms with Crippen LogP contribution in [-0.2, 0) is 9.53 Å². The molecule has 0 radical (unpaired) electrons. The summed E-state index contributed by atoms with van der Waals surface area (Å²) in [6.07, 6.45) is 0. The number of hydrogen-bond donors (Lipinski definition) is 1. The van der Waals surface area contributed by atoms with Crippen molar-refractivity contribution in [2.24, 2.45) is 0 Å². The highest BCUT2D eigenvalue weighted by Gasteiger charge is 2.19. The van der Waals surface area contributed by atoms with Gasteiger partial charge in [-0.2, -0.15) is 0 Å². The van der Waals surface area contributed by atoms with Crippen molar-refractivity contribution in [3.63, 3.8) is 0 Å². The molecule has 0 aliphatic heterocycles. The molecule has 1 atom stereocenters. The van der Waals surface area contributed by atoms with E-state index in [-0.39, 0.29) is 11.8 Å². The number of Topliss-reactive ketones (excluding diaryl/α,β-unsaturated/α-hetero) is 1. The molecule has 1 aromatic carbocycles. The van der Waals surface area contributed by atoms with Gasteiger partial charge in [0, 0.05) is 10.0 Å². The van der Waals surface area contributed by atoms with E-state index in [0.29, 0.717) is 23.7 Å². The zero-order valence-electron chi connectivity index (χ0n) is 10.7. The molecule has 1 aromatic rings. The minimum Gasteiger partial charge on any atom is -0.462 e. The molecule has 0 saturated carbocycles. The van der Waals surface area contributed by atoms with Crippen molar-refractivity contribution >= 4 is 39.4 Å². The smallest absolute Gasteiger partial charge is 0.365 e. The normalized spacial score (nSPS) is 11.9. The lowest BCUT2D eigenvalue weighted by Gasteiger charge is -2.07. The van der Waals surface area contributed by atoms with Gasteiger partial charge in [-0.1, -0.05) is 28.1 Å². The summed E-state index contributed by atoms with van der Waals surface area (Å²) in [4.78, 5) is 23.2. The summed E-state index contributed by atoms with van der Waals surface area (Å²) >= 11 is 4.72. The fourth-order valence-corrected chi connectivity index (χ4v) is 2.50. The molecule has 1 rings (SSSR count). The Morgan fingerprint density at radius 2 is 2.00 bits per heavy atom. The Kier molecular flexibility index (Phi) is 7.12. The second-order valence-electron chi connectivity index (χ2n) is 3.89. The van der Waals surface area contributed by atoms with Crippen LogP contribution in [0.1, 0.15) is 17.3 Å². The quantitative estimate of drug-likeness (QED) is 0.600. The van der Waals surface area contributed by atoms with Gasteiger partial charge in [0.1, 0.15) is 0 Å². The van der Waals surface area contributed by atoms with Crippen molar-refractivity contribution in [1.29, 1.82) is 0 Å². The van der Waals surface area contributed by atoms with Crippen LogP contribution in [0.4, 0.5) is 0 Å². The molecule has 6 heteroatoms. The fraction of sp³-hybridized carbons (Fsp3) is 0.385. The van der Waals surface area contributed by atoms with Crippen LogP contribution in [0.25, 0.3) is 0 Å². The van der Waals surface area contributed by atoms with Gasteiger partial charge in [0.2, 0.25) is 0 Å². The lowest BCUT2D eigenvalue weighted by Crippen LogP contribution is -2.66. The minimum atomic E-state index is -0.428. The number of carbonyl (C=O) groups is 2. The lowest BCUT2D eigenvalue weighted by molar-refractivity contribution is -0.401. The topological polar surface area (TPSA) is 71.0 Å². The molecule has 0 heterocycles. The Bertz CT molecular complexity index is 436. The van der Waals surface area contributed by atoms with Gasteiger partial charge >= 0.3 is 5.97 Å². The zero-order chi connectivity index (χ0) is 14.3. The summed E-state index contributed by atoms with van der Waals surface area (Å²) in [5, 5.41) is 0. The van der Waals surface area contributed by atoms with Crippen LogP contribution >= 0.6 is 27.7 Å². The molecular weight excluding hydrogens is 330 g/mol. The van der Waals surface area contributed by atoms with E-state index in [0.717, 1.165) is 4.47 Å². The predicted octanol–water partition coefficient (Wildman–Crippen LogP) is 1.54. The molecule has 0 spiro atoms. The monoisotopic (exact) mass is 346 g/mol. The van der Waals surface area contributed by atoms with Crippen LogP contribution in [0, 0.1) is 0 Å². The van der Waals surface area contributed by atoms with Crippen LogP contribution in [0.5, 0.6) is 0 Å². The number of quaternary nitrogens is 1. The van der Waals surface area contributed by atoms with Crippen molar-refractivity contribution in [3.8, 4) is 0 Å². The molecule has 3 N–H and O–H groups in total. The van der Waals surface area contributed by atoms with Gasteiger partial charge in [0.15, 0.2) is 11.8 Å². The minimum absolute atomic E-state index is 0.0496. The summed E-state index contributed by atoms with van der Waals surface area (Å²) < 4.78 is 5.80. The number of benzene rings is 1. The van der Waals surface area contributed by atoms with E-state index in [1.54, 1.807) is 19.1 Å². The number of ketones is 1. The molecule has 0 amide bonds. The van der Waals surface area contributed by atoms with Crippen LogP contribution in [0.15, 0.2) is 28.7 Å². The maximum atomic E-state index is 11.9. The first-order chi connectivity index (χ1) is 9.04. The third-order valence-electron chi connectivity index (χ3n) is 2.34. The van der Waals surface area contributed by atoms with Gasteiger partial charge in [0.25, 0.3) is 0 Å². The Balaban J connectivity index is 2.35. The molecule has 0 fully saturated rings. The summed E-state index contributed by atoms with van der Waals surface area (Å²) in [6, 6.07) is 6.80. The van der Waals surface area contributed by atoms with Crippen molar-refractivity contribution in [2.75, 3.05) is 18.1 Å². The average molecular weight is 347 g/mol. The van der Waals surface area contributed by atoms with Crippen LogP contribution < -0.4 is 5.73 Å². The first kappa shape index (κ1) is 16.2. The molecule has 0 unspecified atom stereocenters. The van der Waals surface area contributed by atoms with Crippen molar-refractivity contribution < 1.29 is 20.1 Å². The number of hydrogen-bond acceptors (Lipinski definition) is 4. The van der Waals surface area contributed by atoms with Crippen LogP contribution in [-0.4, -0.2) is 35.9 Å². The molecule has 0 saturated heterocycles. The van der Waals surface area contributed by atoms with Crippen molar-refractivity contribution in [3.05, 3.63) is 34.3 Å². The van der Waals surface area contributed by atoms with Gasteiger partial charge in [-0.3, -0.25) is 4.79 Å². The Morgan fingerprint density at radius 1 is 1.37 bits per heavy atom. The van der Waals surface area contributed by atoms with Gasteiger partial charge in [-0.15, -0.1) is 11.8 Å². The first-order valence-electron chi connectivity index (χ1n) is 5.90. The second kappa shape index (κ2) is 8.35. The highest BCUT2D eigenvalue weighted by atomic mass is 79.9. The molecule has 0 aromatic heterocycles. The molecule has 0 aliphatic rings. The maximum absolute atomic E-state index is 11.9. The number of rotatable bonds is 7. The van der Waals surface area contributed by atoms with Gasteiger partial charge in [-0.05, 0) is 19.1 Å². The van der Waals surface area contributed by atoms with E-state index in [9.17, 15) is 9.59 Å². The summed E-state index contributed by atoms with van der Waals surface area (Å²) in [6.45, 7) is 2.11. The Labute approximate surface area is 125 Å². The van der Waals surface area contributed by atoms with Crippen LogP contribution in [0.3, 0.4) is 0 Å². The fourth-order valence-electron chi connectivity index (χ4n) is 1.34. The SMILES string of the molecule is CCOC(=O)[C@H]([NH3+])CSCC(=O)c1ccc(Br)cc1. The molecule has 4 nitrogen and oxygen atoms in total. The van der Waals surface area contributed by atoms with E-state index in [1.807, 2.05) is 12.1 Å². The summed E-state index contributed by atoms with van der Waals surface area (Å²) in [7, 11) is 0. The van der Waals surface area contributed by atoms with Gasteiger partial charge in [0.05, 0.1) is 18.1 Å². The zero-order valence-corrected chi connectivity index (χ0v) is 13.1. The number of ether oxygens (including phenoxy) is 1. The molecule has 104 valence electrons. The van der Waals surface area contributed by atoms with Crippen molar-refractivity contribution in [2.45, 2.75) is 13.0 Å². The Morgan fingerprint density at radius 3 is 2.58 bits per heavy atom. The van der Waals surface area contributed by atoms with Gasteiger partial charge < -0.3 is 10.5 Å². The standard InChI is InChI=1S/C13H16BrNO3S/c1-2-18-13(17)11(15)7-19-8-12(16)9-3-5-10(14)6-4-9/h3-6,11H,2,7-8,15H2,1H3/p+1/t11-/m1/s1. The van der Waals surface area contributed by atoms with E-state index >= 15 is 0 Å². The molecule has 0 aliphatic carbocycles.